The lowest BCUT2D eigenvalue weighted by Gasteiger charge is -2.15. The van der Waals surface area contributed by atoms with Crippen LogP contribution < -0.4 is 5.32 Å². The third kappa shape index (κ3) is 3.72. The first kappa shape index (κ1) is 13.9. The van der Waals surface area contributed by atoms with E-state index in [1.165, 1.54) is 10.9 Å². The molecular weight excluding hydrogens is 252 g/mol. The van der Waals surface area contributed by atoms with E-state index >= 15 is 0 Å². The van der Waals surface area contributed by atoms with Crippen molar-refractivity contribution in [1.82, 2.24) is 15.1 Å². The number of aliphatic hydroxyl groups excluding tert-OH is 2. The van der Waals surface area contributed by atoms with Gasteiger partial charge in [0.1, 0.15) is 12.4 Å². The van der Waals surface area contributed by atoms with Crippen LogP contribution in [0.3, 0.4) is 0 Å². The molecule has 1 aliphatic carbocycles. The molecule has 3 N–H and O–H groups in total. The summed E-state index contributed by atoms with van der Waals surface area (Å²) in [5.74, 6) is 0. The summed E-state index contributed by atoms with van der Waals surface area (Å²) in [6.07, 6.45) is 3.80. The lowest BCUT2D eigenvalue weighted by Crippen LogP contribution is -2.35. The van der Waals surface area contributed by atoms with Crippen molar-refractivity contribution in [3.05, 3.63) is 22.5 Å². The van der Waals surface area contributed by atoms with Crippen molar-refractivity contribution in [2.24, 2.45) is 5.41 Å². The minimum absolute atomic E-state index is 0.00417. The van der Waals surface area contributed by atoms with Crippen LogP contribution in [-0.2, 0) is 6.54 Å². The zero-order valence-electron chi connectivity index (χ0n) is 10.5. The second kappa shape index (κ2) is 5.64. The maximum absolute atomic E-state index is 10.5. The average molecular weight is 270 g/mol. The predicted octanol–water partition coefficient (Wildman–Crippen LogP) is -0.486. The SMILES string of the molecule is O=[N+]([O-])c1cnn(CC(O)CNCC2(CO)CC2)c1. The number of aromatic nitrogens is 2. The highest BCUT2D eigenvalue weighted by atomic mass is 16.6. The highest BCUT2D eigenvalue weighted by Gasteiger charge is 2.41. The molecule has 106 valence electrons. The van der Waals surface area contributed by atoms with E-state index in [4.69, 9.17) is 5.11 Å². The van der Waals surface area contributed by atoms with E-state index in [1.807, 2.05) is 0 Å². The Balaban J connectivity index is 1.71. The van der Waals surface area contributed by atoms with E-state index < -0.39 is 11.0 Å². The molecule has 0 saturated heterocycles. The van der Waals surface area contributed by atoms with Crippen LogP contribution in [0.2, 0.25) is 0 Å². The van der Waals surface area contributed by atoms with Gasteiger partial charge in [-0.05, 0) is 12.8 Å². The van der Waals surface area contributed by atoms with Crippen LogP contribution in [0.5, 0.6) is 0 Å². The van der Waals surface area contributed by atoms with Crippen LogP contribution in [-0.4, -0.2) is 50.7 Å². The van der Waals surface area contributed by atoms with Crippen molar-refractivity contribution >= 4 is 5.69 Å². The topological polar surface area (TPSA) is 113 Å². The van der Waals surface area contributed by atoms with Gasteiger partial charge < -0.3 is 15.5 Å². The van der Waals surface area contributed by atoms with Gasteiger partial charge in [-0.2, -0.15) is 5.10 Å². The Morgan fingerprint density at radius 1 is 1.63 bits per heavy atom. The van der Waals surface area contributed by atoms with Crippen molar-refractivity contribution in [3.8, 4) is 0 Å². The number of nitrogens with one attached hydrogen (secondary N) is 1. The monoisotopic (exact) mass is 270 g/mol. The number of rotatable bonds is 8. The lowest BCUT2D eigenvalue weighted by molar-refractivity contribution is -0.385. The van der Waals surface area contributed by atoms with Gasteiger partial charge in [-0.3, -0.25) is 14.8 Å². The Bertz CT molecular complexity index is 444. The standard InChI is InChI=1S/C11H18N4O4/c16-8-11(1-2-11)7-12-4-10(17)6-14-5-9(3-13-14)15(18)19/h3,5,10,12,16-17H,1-2,4,6-8H2. The molecule has 8 heteroatoms. The van der Waals surface area contributed by atoms with Gasteiger partial charge in [-0.1, -0.05) is 0 Å². The highest BCUT2D eigenvalue weighted by molar-refractivity contribution is 5.20. The van der Waals surface area contributed by atoms with Crippen LogP contribution in [0.1, 0.15) is 12.8 Å². The van der Waals surface area contributed by atoms with Gasteiger partial charge in [0.2, 0.25) is 0 Å². The second-order valence-corrected chi connectivity index (χ2v) is 5.12. The van der Waals surface area contributed by atoms with Crippen molar-refractivity contribution in [2.45, 2.75) is 25.5 Å². The van der Waals surface area contributed by atoms with Crippen LogP contribution in [0.4, 0.5) is 5.69 Å². The number of aliphatic hydroxyl groups is 2. The van der Waals surface area contributed by atoms with Gasteiger partial charge in [0, 0.05) is 25.1 Å². The summed E-state index contributed by atoms with van der Waals surface area (Å²) < 4.78 is 1.35. The maximum Gasteiger partial charge on any atom is 0.306 e. The predicted molar refractivity (Wildman–Crippen MR) is 66.5 cm³/mol. The molecule has 19 heavy (non-hydrogen) atoms. The van der Waals surface area contributed by atoms with Gasteiger partial charge in [-0.15, -0.1) is 0 Å². The lowest BCUT2D eigenvalue weighted by atomic mass is 10.1. The Labute approximate surface area is 110 Å². The molecule has 0 spiro atoms. The van der Waals surface area contributed by atoms with Crippen molar-refractivity contribution in [2.75, 3.05) is 19.7 Å². The summed E-state index contributed by atoms with van der Waals surface area (Å²) in [4.78, 5) is 9.95. The number of nitro groups is 1. The van der Waals surface area contributed by atoms with Crippen LogP contribution in [0, 0.1) is 15.5 Å². The first-order chi connectivity index (χ1) is 9.04. The fourth-order valence-corrected chi connectivity index (χ4v) is 1.90. The van der Waals surface area contributed by atoms with Crippen molar-refractivity contribution in [3.63, 3.8) is 0 Å². The minimum Gasteiger partial charge on any atom is -0.396 e. The third-order valence-electron chi connectivity index (χ3n) is 3.40. The summed E-state index contributed by atoms with van der Waals surface area (Å²) in [6.45, 7) is 1.42. The quantitative estimate of drug-likeness (QED) is 0.434. The zero-order chi connectivity index (χ0) is 13.9. The van der Waals surface area contributed by atoms with Gasteiger partial charge in [0.15, 0.2) is 0 Å². The van der Waals surface area contributed by atoms with Crippen LogP contribution >= 0.6 is 0 Å². The molecule has 1 aromatic rings. The molecule has 1 fully saturated rings. The van der Waals surface area contributed by atoms with Gasteiger partial charge >= 0.3 is 5.69 Å². The molecule has 8 nitrogen and oxygen atoms in total. The molecule has 1 aliphatic rings. The molecule has 1 heterocycles. The molecule has 1 unspecified atom stereocenters. The van der Waals surface area contributed by atoms with E-state index in [-0.39, 0.29) is 24.3 Å². The molecule has 1 saturated carbocycles. The summed E-state index contributed by atoms with van der Waals surface area (Å²) >= 11 is 0. The van der Waals surface area contributed by atoms with Crippen molar-refractivity contribution in [1.29, 1.82) is 0 Å². The Morgan fingerprint density at radius 2 is 2.37 bits per heavy atom. The summed E-state index contributed by atoms with van der Waals surface area (Å²) in [7, 11) is 0. The van der Waals surface area contributed by atoms with Crippen LogP contribution in [0.15, 0.2) is 12.4 Å². The Hall–Kier alpha value is -1.51. The third-order valence-corrected chi connectivity index (χ3v) is 3.40. The fourth-order valence-electron chi connectivity index (χ4n) is 1.90. The number of hydrogen-bond acceptors (Lipinski definition) is 6. The summed E-state index contributed by atoms with van der Waals surface area (Å²) in [5.41, 5.74) is -0.0816. The molecule has 0 aliphatic heterocycles. The Morgan fingerprint density at radius 3 is 2.89 bits per heavy atom. The van der Waals surface area contributed by atoms with Gasteiger partial charge in [0.25, 0.3) is 0 Å². The zero-order valence-corrected chi connectivity index (χ0v) is 10.5. The fraction of sp³-hybridized carbons (Fsp3) is 0.727. The normalized spacial score (nSPS) is 18.2. The molecule has 0 amide bonds. The molecule has 1 atom stereocenters. The van der Waals surface area contributed by atoms with E-state index in [1.54, 1.807) is 0 Å². The highest BCUT2D eigenvalue weighted by Crippen LogP contribution is 2.44. The second-order valence-electron chi connectivity index (χ2n) is 5.12. The minimum atomic E-state index is -0.672. The molecule has 0 radical (unpaired) electrons. The maximum atomic E-state index is 10.5. The molecular formula is C11H18N4O4. The van der Waals surface area contributed by atoms with Crippen molar-refractivity contribution < 1.29 is 15.1 Å². The smallest absolute Gasteiger partial charge is 0.306 e. The van der Waals surface area contributed by atoms with Gasteiger partial charge in [0.05, 0.1) is 17.6 Å². The largest absolute Gasteiger partial charge is 0.396 e. The van der Waals surface area contributed by atoms with Crippen LogP contribution in [0.25, 0.3) is 0 Å². The molecule has 2 rings (SSSR count). The number of hydrogen-bond donors (Lipinski definition) is 3. The average Bonchev–Trinajstić information content (AvgIpc) is 2.99. The summed E-state index contributed by atoms with van der Waals surface area (Å²) in [6, 6.07) is 0. The first-order valence-electron chi connectivity index (χ1n) is 6.21. The van der Waals surface area contributed by atoms with Gasteiger partial charge in [-0.25, -0.2) is 0 Å². The molecule has 0 bridgehead atoms. The van der Waals surface area contributed by atoms with E-state index in [9.17, 15) is 15.2 Å². The Kier molecular flexibility index (Phi) is 4.13. The first-order valence-corrected chi connectivity index (χ1v) is 6.21. The van der Waals surface area contributed by atoms with E-state index in [2.05, 4.69) is 10.4 Å². The molecule has 0 aromatic carbocycles. The van der Waals surface area contributed by atoms with E-state index in [0.29, 0.717) is 13.1 Å². The molecule has 1 aromatic heterocycles. The number of nitrogens with zero attached hydrogens (tertiary/aromatic N) is 3. The summed E-state index contributed by atoms with van der Waals surface area (Å²) in [5, 5.41) is 36.3. The van der Waals surface area contributed by atoms with E-state index in [0.717, 1.165) is 19.0 Å².